The Morgan fingerprint density at radius 2 is 0.720 bits per heavy atom. The van der Waals surface area contributed by atoms with Gasteiger partial charge in [0.2, 0.25) is 0 Å². The lowest BCUT2D eigenvalue weighted by molar-refractivity contribution is 0.635. The van der Waals surface area contributed by atoms with Gasteiger partial charge in [0.25, 0.3) is 0 Å². The second-order valence-electron chi connectivity index (χ2n) is 13.2. The lowest BCUT2D eigenvalue weighted by atomic mass is 9.86. The summed E-state index contributed by atoms with van der Waals surface area (Å²) in [4.78, 5) is 0. The molecule has 0 spiro atoms. The average molecular weight is 637 g/mol. The number of rotatable bonds is 3. The first kappa shape index (κ1) is 27.3. The maximum atomic E-state index is 6.61. The van der Waals surface area contributed by atoms with Crippen LogP contribution in [0.2, 0.25) is 0 Å². The minimum Gasteiger partial charge on any atom is -0.452 e. The highest BCUT2D eigenvalue weighted by molar-refractivity contribution is 6.23. The molecule has 0 aliphatic rings. The minimum absolute atomic E-state index is 0.794. The summed E-state index contributed by atoms with van der Waals surface area (Å²) >= 11 is 0. The highest BCUT2D eigenvalue weighted by Crippen LogP contribution is 2.45. The lowest BCUT2D eigenvalue weighted by Crippen LogP contribution is -1.90. The Balaban J connectivity index is 1.04. The molecule has 0 radical (unpaired) electrons. The van der Waals surface area contributed by atoms with Crippen molar-refractivity contribution in [2.75, 3.05) is 0 Å². The van der Waals surface area contributed by atoms with Gasteiger partial charge in [0.05, 0.1) is 0 Å². The molecule has 0 saturated carbocycles. The fraction of sp³-hybridized carbons (Fsp3) is 0. The van der Waals surface area contributed by atoms with Crippen molar-refractivity contribution in [1.82, 2.24) is 0 Å². The first-order chi connectivity index (χ1) is 24.8. The van der Waals surface area contributed by atoms with Crippen LogP contribution in [0, 0.1) is 0 Å². The van der Waals surface area contributed by atoms with E-state index < -0.39 is 0 Å². The van der Waals surface area contributed by atoms with E-state index in [2.05, 4.69) is 170 Å². The van der Waals surface area contributed by atoms with E-state index in [1.165, 1.54) is 49.2 Å². The fourth-order valence-electron chi connectivity index (χ4n) is 8.16. The Morgan fingerprint density at radius 1 is 0.260 bits per heavy atom. The van der Waals surface area contributed by atoms with Crippen LogP contribution < -0.4 is 0 Å². The van der Waals surface area contributed by atoms with Gasteiger partial charge >= 0.3 is 0 Å². The summed E-state index contributed by atoms with van der Waals surface area (Å²) in [5.74, 6) is 0. The molecule has 0 atom stereocenters. The Morgan fingerprint density at radius 3 is 1.40 bits per heavy atom. The van der Waals surface area contributed by atoms with Crippen LogP contribution in [-0.2, 0) is 0 Å². The van der Waals surface area contributed by atoms with Gasteiger partial charge in [-0.3, -0.25) is 0 Å². The van der Waals surface area contributed by atoms with Crippen LogP contribution in [0.15, 0.2) is 179 Å². The molecule has 0 bridgehead atoms. The summed E-state index contributed by atoms with van der Waals surface area (Å²) in [5, 5.41) is 11.7. The molecule has 11 aromatic rings. The summed E-state index contributed by atoms with van der Waals surface area (Å²) in [6.07, 6.45) is 0. The van der Waals surface area contributed by atoms with Crippen molar-refractivity contribution >= 4 is 76.2 Å². The smallest absolute Gasteiger partial charge is 0.178 e. The molecule has 0 amide bonds. The van der Waals surface area contributed by atoms with Gasteiger partial charge in [0, 0.05) is 26.9 Å². The van der Waals surface area contributed by atoms with Crippen molar-refractivity contribution in [2.45, 2.75) is 0 Å². The van der Waals surface area contributed by atoms with Gasteiger partial charge in [-0.05, 0) is 90.6 Å². The third-order valence-corrected chi connectivity index (χ3v) is 10.5. The number of furan rings is 2. The first-order valence-electron chi connectivity index (χ1n) is 17.1. The highest BCUT2D eigenvalue weighted by atomic mass is 16.4. The van der Waals surface area contributed by atoms with Crippen LogP contribution in [-0.4, -0.2) is 0 Å². The van der Waals surface area contributed by atoms with Crippen LogP contribution >= 0.6 is 0 Å². The molecule has 50 heavy (non-hydrogen) atoms. The normalized spacial score (nSPS) is 12.0. The van der Waals surface area contributed by atoms with E-state index in [1.807, 2.05) is 0 Å². The van der Waals surface area contributed by atoms with Crippen molar-refractivity contribution in [2.24, 2.45) is 0 Å². The SMILES string of the molecule is c1ccc(-c2c3ccccc3c(-c3ccc(-c4ccc5c(c4)oc4c5ccc5c6ccc7ccccc7c6oc54)cc3)c3ccccc23)cc1. The van der Waals surface area contributed by atoms with Crippen molar-refractivity contribution in [3.8, 4) is 33.4 Å². The van der Waals surface area contributed by atoms with E-state index >= 15 is 0 Å². The number of hydrogen-bond acceptors (Lipinski definition) is 2. The van der Waals surface area contributed by atoms with E-state index in [4.69, 9.17) is 8.83 Å². The zero-order valence-electron chi connectivity index (χ0n) is 27.0. The van der Waals surface area contributed by atoms with Crippen molar-refractivity contribution < 1.29 is 8.83 Å². The largest absolute Gasteiger partial charge is 0.452 e. The van der Waals surface area contributed by atoms with Crippen LogP contribution in [0.1, 0.15) is 0 Å². The average Bonchev–Trinajstić information content (AvgIpc) is 3.76. The summed E-state index contributed by atoms with van der Waals surface area (Å²) in [7, 11) is 0. The molecule has 232 valence electrons. The summed E-state index contributed by atoms with van der Waals surface area (Å²) < 4.78 is 13.2. The monoisotopic (exact) mass is 636 g/mol. The van der Waals surface area contributed by atoms with E-state index in [-0.39, 0.29) is 0 Å². The molecule has 9 aromatic carbocycles. The standard InChI is InChI=1S/C48H28O2/c1-2-11-31(12-3-1)44-36-14-6-8-16-38(36)45(39-17-9-7-15-37(39)44)32-20-18-29(19-21-32)33-23-24-35-40-26-27-42-41-25-22-30-10-4-5-13-34(30)46(41)50-48(42)47(40)49-43(35)28-33/h1-28H. The molecule has 2 heterocycles. The van der Waals surface area contributed by atoms with Gasteiger partial charge in [-0.25, -0.2) is 0 Å². The number of fused-ring (bicyclic) bond motifs is 11. The molecule has 2 nitrogen and oxygen atoms in total. The predicted molar refractivity (Wildman–Crippen MR) is 210 cm³/mol. The second kappa shape index (κ2) is 10.4. The van der Waals surface area contributed by atoms with Crippen LogP contribution in [0.5, 0.6) is 0 Å². The zero-order valence-corrected chi connectivity index (χ0v) is 27.0. The number of hydrogen-bond donors (Lipinski definition) is 0. The maximum absolute atomic E-state index is 6.61. The Bertz CT molecular complexity index is 3070. The number of benzene rings is 9. The van der Waals surface area contributed by atoms with Gasteiger partial charge in [-0.1, -0.05) is 140 Å². The molecular weight excluding hydrogens is 609 g/mol. The minimum atomic E-state index is 0.794. The molecule has 0 unspecified atom stereocenters. The van der Waals surface area contributed by atoms with E-state index in [9.17, 15) is 0 Å². The van der Waals surface area contributed by atoms with Crippen LogP contribution in [0.3, 0.4) is 0 Å². The molecule has 0 aliphatic heterocycles. The molecule has 0 N–H and O–H groups in total. The van der Waals surface area contributed by atoms with Crippen LogP contribution in [0.25, 0.3) is 110 Å². The molecule has 0 fully saturated rings. The van der Waals surface area contributed by atoms with Gasteiger partial charge in [0.1, 0.15) is 11.2 Å². The Kier molecular flexibility index (Phi) is 5.70. The molecule has 11 rings (SSSR count). The first-order valence-corrected chi connectivity index (χ1v) is 17.1. The van der Waals surface area contributed by atoms with Gasteiger partial charge in [-0.2, -0.15) is 0 Å². The van der Waals surface area contributed by atoms with Gasteiger partial charge in [-0.15, -0.1) is 0 Å². The van der Waals surface area contributed by atoms with E-state index in [0.717, 1.165) is 60.4 Å². The molecule has 2 aromatic heterocycles. The summed E-state index contributed by atoms with van der Waals surface area (Å²) in [5.41, 5.74) is 10.6. The summed E-state index contributed by atoms with van der Waals surface area (Å²) in [6, 6.07) is 60.9. The topological polar surface area (TPSA) is 26.3 Å². The van der Waals surface area contributed by atoms with E-state index in [1.54, 1.807) is 0 Å². The van der Waals surface area contributed by atoms with Crippen molar-refractivity contribution in [3.05, 3.63) is 170 Å². The third-order valence-electron chi connectivity index (χ3n) is 10.5. The lowest BCUT2D eigenvalue weighted by Gasteiger charge is -2.18. The molecule has 2 heteroatoms. The summed E-state index contributed by atoms with van der Waals surface area (Å²) in [6.45, 7) is 0. The van der Waals surface area contributed by atoms with Gasteiger partial charge in [0.15, 0.2) is 11.2 Å². The molecular formula is C48H28O2. The van der Waals surface area contributed by atoms with Crippen molar-refractivity contribution in [1.29, 1.82) is 0 Å². The highest BCUT2D eigenvalue weighted by Gasteiger charge is 2.19. The third kappa shape index (κ3) is 3.90. The van der Waals surface area contributed by atoms with Crippen LogP contribution in [0.4, 0.5) is 0 Å². The fourth-order valence-corrected chi connectivity index (χ4v) is 8.16. The molecule has 0 saturated heterocycles. The Hall–Kier alpha value is -6.64. The predicted octanol–water partition coefficient (Wildman–Crippen LogP) is 13.9. The van der Waals surface area contributed by atoms with Crippen molar-refractivity contribution in [3.63, 3.8) is 0 Å². The van der Waals surface area contributed by atoms with Gasteiger partial charge < -0.3 is 8.83 Å². The Labute approximate surface area is 287 Å². The molecule has 0 aliphatic carbocycles. The maximum Gasteiger partial charge on any atom is 0.178 e. The second-order valence-corrected chi connectivity index (χ2v) is 13.2. The van der Waals surface area contributed by atoms with E-state index in [0.29, 0.717) is 0 Å². The zero-order chi connectivity index (χ0) is 32.8. The quantitative estimate of drug-likeness (QED) is 0.180.